The van der Waals surface area contributed by atoms with E-state index in [2.05, 4.69) is 4.99 Å². The summed E-state index contributed by atoms with van der Waals surface area (Å²) in [5.41, 5.74) is 0.910. The van der Waals surface area contributed by atoms with Crippen LogP contribution in [0.1, 0.15) is 24.1 Å². The van der Waals surface area contributed by atoms with E-state index < -0.39 is 17.6 Å². The number of hydrogen-bond acceptors (Lipinski definition) is 3. The van der Waals surface area contributed by atoms with E-state index in [0.717, 1.165) is 11.1 Å². The van der Waals surface area contributed by atoms with Gasteiger partial charge in [0.25, 0.3) is 0 Å². The molecule has 3 aromatic carbocycles. The molecule has 5 heteroatoms. The Labute approximate surface area is 162 Å². The topological polar surface area (TPSA) is 52.9 Å². The number of carbonyl (C=O) groups is 1. The number of nitrogens with zero attached hydrogens (tertiary/aromatic N) is 2. The maximum absolute atomic E-state index is 13.6. The van der Waals surface area contributed by atoms with Crippen LogP contribution in [-0.4, -0.2) is 22.5 Å². The first-order chi connectivity index (χ1) is 13.5. The number of halogens is 1. The predicted molar refractivity (Wildman–Crippen MR) is 107 cm³/mol. The van der Waals surface area contributed by atoms with Crippen LogP contribution in [0.3, 0.4) is 0 Å². The molecule has 0 aliphatic carbocycles. The van der Waals surface area contributed by atoms with Crippen LogP contribution >= 0.6 is 0 Å². The number of rotatable bonds is 4. The summed E-state index contributed by atoms with van der Waals surface area (Å²) in [4.78, 5) is 18.9. The summed E-state index contributed by atoms with van der Waals surface area (Å²) in [6.45, 7) is 1.62. The lowest BCUT2D eigenvalue weighted by molar-refractivity contribution is -0.143. The Bertz CT molecular complexity index is 1020. The minimum absolute atomic E-state index is 0.349. The first-order valence-corrected chi connectivity index (χ1v) is 8.99. The van der Waals surface area contributed by atoms with Gasteiger partial charge >= 0.3 is 5.97 Å². The highest BCUT2D eigenvalue weighted by molar-refractivity contribution is 6.14. The van der Waals surface area contributed by atoms with Gasteiger partial charge < -0.3 is 10.0 Å². The molecule has 3 aromatic rings. The zero-order valence-corrected chi connectivity index (χ0v) is 15.3. The van der Waals surface area contributed by atoms with Gasteiger partial charge in [0.1, 0.15) is 11.7 Å². The molecule has 0 radical (unpaired) electrons. The second kappa shape index (κ2) is 6.93. The Kier molecular flexibility index (Phi) is 4.43. The molecule has 0 fully saturated rings. The molecule has 1 heterocycles. The third-order valence-corrected chi connectivity index (χ3v) is 5.04. The molecule has 0 bridgehead atoms. The number of anilines is 1. The Hall–Kier alpha value is -3.47. The largest absolute Gasteiger partial charge is 0.479 e. The van der Waals surface area contributed by atoms with E-state index in [0.29, 0.717) is 11.5 Å². The molecule has 2 atom stereocenters. The quantitative estimate of drug-likeness (QED) is 0.722. The van der Waals surface area contributed by atoms with Crippen LogP contribution in [0.15, 0.2) is 89.9 Å². The van der Waals surface area contributed by atoms with Crippen molar-refractivity contribution in [3.63, 3.8) is 0 Å². The zero-order chi connectivity index (χ0) is 19.7. The fourth-order valence-electron chi connectivity index (χ4n) is 3.65. The Morgan fingerprint density at radius 1 is 0.964 bits per heavy atom. The Morgan fingerprint density at radius 3 is 2.11 bits per heavy atom. The lowest BCUT2D eigenvalue weighted by Crippen LogP contribution is -2.43. The molecular weight excluding hydrogens is 355 g/mol. The maximum atomic E-state index is 13.6. The summed E-state index contributed by atoms with van der Waals surface area (Å²) < 4.78 is 13.6. The number of hydrogen-bond donors (Lipinski definition) is 1. The summed E-state index contributed by atoms with van der Waals surface area (Å²) >= 11 is 0. The molecule has 2 unspecified atom stereocenters. The fourth-order valence-corrected chi connectivity index (χ4v) is 3.65. The van der Waals surface area contributed by atoms with E-state index in [1.54, 1.807) is 19.1 Å². The molecule has 0 spiro atoms. The molecule has 4 rings (SSSR count). The summed E-state index contributed by atoms with van der Waals surface area (Å²) in [5, 5.41) is 10.1. The average Bonchev–Trinajstić information content (AvgIpc) is 3.05. The number of carboxylic acids is 1. The summed E-state index contributed by atoms with van der Waals surface area (Å²) in [5.74, 6) is -0.816. The molecule has 28 heavy (non-hydrogen) atoms. The van der Waals surface area contributed by atoms with Crippen molar-refractivity contribution < 1.29 is 14.3 Å². The van der Waals surface area contributed by atoms with E-state index in [1.807, 2.05) is 65.6 Å². The van der Waals surface area contributed by atoms with Crippen LogP contribution in [0, 0.1) is 5.82 Å². The van der Waals surface area contributed by atoms with Crippen LogP contribution in [0.25, 0.3) is 0 Å². The number of aliphatic carboxylic acids is 1. The molecule has 0 amide bonds. The lowest BCUT2D eigenvalue weighted by atomic mass is 9.87. The molecule has 0 saturated heterocycles. The first kappa shape index (κ1) is 17.9. The number of carboxylic acid groups (broad SMARTS) is 1. The van der Waals surface area contributed by atoms with Crippen molar-refractivity contribution in [2.45, 2.75) is 18.5 Å². The molecule has 1 N–H and O–H groups in total. The van der Waals surface area contributed by atoms with Crippen molar-refractivity contribution in [1.82, 2.24) is 0 Å². The van der Waals surface area contributed by atoms with Gasteiger partial charge in [-0.2, -0.15) is 0 Å². The second-order valence-corrected chi connectivity index (χ2v) is 6.91. The van der Waals surface area contributed by atoms with Crippen molar-refractivity contribution in [3.8, 4) is 0 Å². The normalized spacial score (nSPS) is 21.4. The van der Waals surface area contributed by atoms with E-state index >= 15 is 0 Å². The van der Waals surface area contributed by atoms with Gasteiger partial charge in [-0.25, -0.2) is 14.2 Å². The van der Waals surface area contributed by atoms with Gasteiger partial charge in [-0.15, -0.1) is 0 Å². The highest BCUT2D eigenvalue weighted by Gasteiger charge is 2.52. The number of aliphatic imine (C=N–C) groups is 1. The highest BCUT2D eigenvalue weighted by Crippen LogP contribution is 2.44. The van der Waals surface area contributed by atoms with Gasteiger partial charge in [-0.3, -0.25) is 0 Å². The smallest absolute Gasteiger partial charge is 0.333 e. The summed E-state index contributed by atoms with van der Waals surface area (Å²) in [6, 6.07) is 24.3. The molecule has 140 valence electrons. The summed E-state index contributed by atoms with van der Waals surface area (Å²) in [6.07, 6.45) is 0. The van der Waals surface area contributed by atoms with Crippen molar-refractivity contribution in [2.75, 3.05) is 4.90 Å². The minimum atomic E-state index is -1.40. The third kappa shape index (κ3) is 2.95. The van der Waals surface area contributed by atoms with Gasteiger partial charge in [0.05, 0.1) is 6.04 Å². The van der Waals surface area contributed by atoms with Crippen LogP contribution < -0.4 is 4.90 Å². The predicted octanol–water partition coefficient (Wildman–Crippen LogP) is 4.68. The van der Waals surface area contributed by atoms with Gasteiger partial charge in [-0.05, 0) is 36.8 Å². The molecule has 4 nitrogen and oxygen atoms in total. The first-order valence-electron chi connectivity index (χ1n) is 8.99. The van der Waals surface area contributed by atoms with Crippen molar-refractivity contribution in [2.24, 2.45) is 4.99 Å². The van der Waals surface area contributed by atoms with Crippen LogP contribution in [0.2, 0.25) is 0 Å². The molecule has 0 saturated carbocycles. The minimum Gasteiger partial charge on any atom is -0.479 e. The monoisotopic (exact) mass is 374 g/mol. The van der Waals surface area contributed by atoms with Crippen molar-refractivity contribution in [3.05, 3.63) is 102 Å². The molecular formula is C23H19FN2O2. The SMILES string of the molecule is CC1(C(=O)O)N=C(c2ccccc2)N(c2ccc(F)cc2)C1c1ccccc1. The van der Waals surface area contributed by atoms with Gasteiger partial charge in [0.2, 0.25) is 0 Å². The van der Waals surface area contributed by atoms with E-state index in [-0.39, 0.29) is 5.82 Å². The van der Waals surface area contributed by atoms with E-state index in [4.69, 9.17) is 0 Å². The Balaban J connectivity index is 1.96. The summed E-state index contributed by atoms with van der Waals surface area (Å²) in [7, 11) is 0. The Morgan fingerprint density at radius 2 is 1.54 bits per heavy atom. The van der Waals surface area contributed by atoms with Crippen LogP contribution in [0.4, 0.5) is 10.1 Å². The van der Waals surface area contributed by atoms with E-state index in [1.165, 1.54) is 12.1 Å². The molecule has 1 aliphatic heterocycles. The van der Waals surface area contributed by atoms with Gasteiger partial charge in [0.15, 0.2) is 5.54 Å². The van der Waals surface area contributed by atoms with Crippen molar-refractivity contribution in [1.29, 1.82) is 0 Å². The lowest BCUT2D eigenvalue weighted by Gasteiger charge is -2.34. The maximum Gasteiger partial charge on any atom is 0.333 e. The zero-order valence-electron chi connectivity index (χ0n) is 15.3. The van der Waals surface area contributed by atoms with Crippen molar-refractivity contribution >= 4 is 17.5 Å². The third-order valence-electron chi connectivity index (χ3n) is 5.04. The second-order valence-electron chi connectivity index (χ2n) is 6.91. The van der Waals surface area contributed by atoms with Gasteiger partial charge in [-0.1, -0.05) is 60.7 Å². The van der Waals surface area contributed by atoms with Crippen LogP contribution in [0.5, 0.6) is 0 Å². The number of benzene rings is 3. The number of amidine groups is 1. The fraction of sp³-hybridized carbons (Fsp3) is 0.130. The standard InChI is InChI=1S/C23H19FN2O2/c1-23(22(27)28)20(16-8-4-2-5-9-16)26(19-14-12-18(24)13-15-19)21(25-23)17-10-6-3-7-11-17/h2-15,20H,1H3,(H,27,28). The average molecular weight is 374 g/mol. The highest BCUT2D eigenvalue weighted by atomic mass is 19.1. The molecule has 0 aromatic heterocycles. The molecule has 1 aliphatic rings. The van der Waals surface area contributed by atoms with Gasteiger partial charge in [0, 0.05) is 11.3 Å². The van der Waals surface area contributed by atoms with Crippen LogP contribution in [-0.2, 0) is 4.79 Å². The van der Waals surface area contributed by atoms with E-state index in [9.17, 15) is 14.3 Å².